The minimum atomic E-state index is 0.0406. The van der Waals surface area contributed by atoms with Crippen molar-refractivity contribution in [3.8, 4) is 0 Å². The van der Waals surface area contributed by atoms with Gasteiger partial charge in [-0.05, 0) is 42.3 Å². The molecule has 0 saturated carbocycles. The van der Waals surface area contributed by atoms with Crippen LogP contribution in [-0.4, -0.2) is 11.5 Å². The first-order valence-corrected chi connectivity index (χ1v) is 7.04. The minimum absolute atomic E-state index is 0.0406. The third-order valence-electron chi connectivity index (χ3n) is 3.86. The van der Waals surface area contributed by atoms with Crippen LogP contribution in [0.15, 0.2) is 29.1 Å². The van der Waals surface area contributed by atoms with Gasteiger partial charge >= 0.3 is 0 Å². The summed E-state index contributed by atoms with van der Waals surface area (Å²) in [4.78, 5) is 15.1. The van der Waals surface area contributed by atoms with E-state index >= 15 is 0 Å². The Labute approximate surface area is 113 Å². The molecule has 100 valence electrons. The molecule has 0 bridgehead atoms. The summed E-state index contributed by atoms with van der Waals surface area (Å²) in [6, 6.07) is 8.29. The summed E-state index contributed by atoms with van der Waals surface area (Å²) >= 11 is 0. The van der Waals surface area contributed by atoms with Crippen LogP contribution in [0, 0.1) is 5.92 Å². The smallest absolute Gasteiger partial charge is 0.256 e. The Balaban J connectivity index is 2.08. The lowest BCUT2D eigenvalue weighted by atomic mass is 10.0. The monoisotopic (exact) mass is 256 g/mol. The minimum Gasteiger partial charge on any atom is -0.325 e. The van der Waals surface area contributed by atoms with Gasteiger partial charge in [-0.1, -0.05) is 32.0 Å². The SMILES string of the molecule is CC(C)CN[C@@H]1CCc2[nH]c(=O)c3ccccc3c21. The van der Waals surface area contributed by atoms with Crippen LogP contribution >= 0.6 is 0 Å². The molecule has 1 aromatic heterocycles. The van der Waals surface area contributed by atoms with Gasteiger partial charge in [-0.25, -0.2) is 0 Å². The van der Waals surface area contributed by atoms with Crippen LogP contribution in [0.3, 0.4) is 0 Å². The molecule has 1 heterocycles. The van der Waals surface area contributed by atoms with E-state index in [1.54, 1.807) is 0 Å². The van der Waals surface area contributed by atoms with Crippen molar-refractivity contribution in [2.75, 3.05) is 6.54 Å². The number of fused-ring (bicyclic) bond motifs is 3. The number of hydrogen-bond donors (Lipinski definition) is 2. The Morgan fingerprint density at radius 1 is 1.32 bits per heavy atom. The fraction of sp³-hybridized carbons (Fsp3) is 0.438. The van der Waals surface area contributed by atoms with Gasteiger partial charge in [0.25, 0.3) is 5.56 Å². The van der Waals surface area contributed by atoms with Gasteiger partial charge in [0.05, 0.1) is 0 Å². The van der Waals surface area contributed by atoms with E-state index in [9.17, 15) is 4.79 Å². The number of H-pyrrole nitrogens is 1. The average Bonchev–Trinajstić information content (AvgIpc) is 2.80. The second-order valence-corrected chi connectivity index (χ2v) is 5.79. The molecule has 0 saturated heterocycles. The topological polar surface area (TPSA) is 44.9 Å². The van der Waals surface area contributed by atoms with Crippen molar-refractivity contribution in [2.24, 2.45) is 5.92 Å². The van der Waals surface area contributed by atoms with Crippen LogP contribution in [0.4, 0.5) is 0 Å². The fourth-order valence-electron chi connectivity index (χ4n) is 2.96. The van der Waals surface area contributed by atoms with Crippen LogP contribution in [0.2, 0.25) is 0 Å². The van der Waals surface area contributed by atoms with Crippen LogP contribution in [0.5, 0.6) is 0 Å². The predicted molar refractivity (Wildman–Crippen MR) is 78.5 cm³/mol. The van der Waals surface area contributed by atoms with Crippen molar-refractivity contribution >= 4 is 10.8 Å². The van der Waals surface area contributed by atoms with Gasteiger partial charge in [0.1, 0.15) is 0 Å². The summed E-state index contributed by atoms with van der Waals surface area (Å²) in [5.74, 6) is 0.637. The van der Waals surface area contributed by atoms with Gasteiger partial charge < -0.3 is 10.3 Å². The molecule has 0 unspecified atom stereocenters. The van der Waals surface area contributed by atoms with E-state index in [-0.39, 0.29) is 5.56 Å². The van der Waals surface area contributed by atoms with Crippen LogP contribution in [0.25, 0.3) is 10.8 Å². The van der Waals surface area contributed by atoms with Crippen LogP contribution in [-0.2, 0) is 6.42 Å². The number of aromatic nitrogens is 1. The van der Waals surface area contributed by atoms with Gasteiger partial charge in [-0.2, -0.15) is 0 Å². The molecule has 3 heteroatoms. The Morgan fingerprint density at radius 2 is 2.05 bits per heavy atom. The Hall–Kier alpha value is -1.61. The second kappa shape index (κ2) is 4.82. The Morgan fingerprint density at radius 3 is 2.79 bits per heavy atom. The highest BCUT2D eigenvalue weighted by atomic mass is 16.1. The van der Waals surface area contributed by atoms with Crippen molar-refractivity contribution in [3.05, 3.63) is 45.9 Å². The van der Waals surface area contributed by atoms with Gasteiger partial charge in [-0.15, -0.1) is 0 Å². The number of pyridine rings is 1. The second-order valence-electron chi connectivity index (χ2n) is 5.79. The van der Waals surface area contributed by atoms with E-state index in [1.807, 2.05) is 18.2 Å². The van der Waals surface area contributed by atoms with E-state index in [1.165, 1.54) is 5.56 Å². The summed E-state index contributed by atoms with van der Waals surface area (Å²) in [5.41, 5.74) is 2.46. The molecule has 0 spiro atoms. The average molecular weight is 256 g/mol. The number of aromatic amines is 1. The Kier molecular flexibility index (Phi) is 3.15. The molecule has 0 fully saturated rings. The largest absolute Gasteiger partial charge is 0.325 e. The molecule has 0 aliphatic heterocycles. The molecule has 2 N–H and O–H groups in total. The fourth-order valence-corrected chi connectivity index (χ4v) is 2.96. The maximum atomic E-state index is 12.0. The lowest BCUT2D eigenvalue weighted by molar-refractivity contribution is 0.473. The first-order chi connectivity index (χ1) is 9.16. The number of nitrogens with one attached hydrogen (secondary N) is 2. The molecule has 0 radical (unpaired) electrons. The van der Waals surface area contributed by atoms with E-state index in [0.29, 0.717) is 12.0 Å². The highest BCUT2D eigenvalue weighted by Crippen LogP contribution is 2.34. The molecule has 3 rings (SSSR count). The normalized spacial score (nSPS) is 18.2. The molecule has 1 aliphatic carbocycles. The van der Waals surface area contributed by atoms with Crippen molar-refractivity contribution in [2.45, 2.75) is 32.7 Å². The quantitative estimate of drug-likeness (QED) is 0.887. The number of rotatable bonds is 3. The van der Waals surface area contributed by atoms with E-state index < -0.39 is 0 Å². The molecule has 1 atom stereocenters. The zero-order chi connectivity index (χ0) is 13.4. The maximum absolute atomic E-state index is 12.0. The zero-order valence-corrected chi connectivity index (χ0v) is 11.5. The molecular formula is C16H20N2O. The number of aryl methyl sites for hydroxylation is 1. The third kappa shape index (κ3) is 2.19. The van der Waals surface area contributed by atoms with Gasteiger partial charge in [0, 0.05) is 17.1 Å². The molecule has 3 nitrogen and oxygen atoms in total. The highest BCUT2D eigenvalue weighted by Gasteiger charge is 2.25. The van der Waals surface area contributed by atoms with Crippen molar-refractivity contribution < 1.29 is 0 Å². The van der Waals surface area contributed by atoms with Gasteiger partial charge in [0.15, 0.2) is 0 Å². The van der Waals surface area contributed by atoms with E-state index in [2.05, 4.69) is 30.2 Å². The molecule has 1 aromatic carbocycles. The lowest BCUT2D eigenvalue weighted by Crippen LogP contribution is -2.24. The molecule has 2 aromatic rings. The number of hydrogen-bond acceptors (Lipinski definition) is 2. The maximum Gasteiger partial charge on any atom is 0.256 e. The molecule has 19 heavy (non-hydrogen) atoms. The summed E-state index contributed by atoms with van der Waals surface area (Å²) in [7, 11) is 0. The van der Waals surface area contributed by atoms with Crippen LogP contribution < -0.4 is 10.9 Å². The van der Waals surface area contributed by atoms with Crippen molar-refractivity contribution in [1.29, 1.82) is 0 Å². The first kappa shape index (κ1) is 12.4. The molecule has 0 amide bonds. The standard InChI is InChI=1S/C16H20N2O/c1-10(2)9-17-13-7-8-14-15(13)11-5-3-4-6-12(11)16(19)18-14/h3-6,10,13,17H,7-9H2,1-2H3,(H,18,19)/t13-/m1/s1. The van der Waals surface area contributed by atoms with Gasteiger partial charge in [0.2, 0.25) is 0 Å². The zero-order valence-electron chi connectivity index (χ0n) is 11.5. The third-order valence-corrected chi connectivity index (χ3v) is 3.86. The summed E-state index contributed by atoms with van der Waals surface area (Å²) in [6.45, 7) is 5.44. The van der Waals surface area contributed by atoms with Crippen molar-refractivity contribution in [1.82, 2.24) is 10.3 Å². The van der Waals surface area contributed by atoms with Crippen LogP contribution in [0.1, 0.15) is 37.6 Å². The van der Waals surface area contributed by atoms with E-state index in [4.69, 9.17) is 0 Å². The summed E-state index contributed by atoms with van der Waals surface area (Å²) in [5, 5.41) is 5.54. The summed E-state index contributed by atoms with van der Waals surface area (Å²) in [6.07, 6.45) is 2.04. The van der Waals surface area contributed by atoms with Crippen molar-refractivity contribution in [3.63, 3.8) is 0 Å². The Bertz CT molecular complexity index is 657. The van der Waals surface area contributed by atoms with Gasteiger partial charge in [-0.3, -0.25) is 4.79 Å². The summed E-state index contributed by atoms with van der Waals surface area (Å²) < 4.78 is 0. The predicted octanol–water partition coefficient (Wildman–Crippen LogP) is 2.76. The molecular weight excluding hydrogens is 236 g/mol. The highest BCUT2D eigenvalue weighted by molar-refractivity contribution is 5.86. The molecule has 1 aliphatic rings. The lowest BCUT2D eigenvalue weighted by Gasteiger charge is -2.17. The first-order valence-electron chi connectivity index (χ1n) is 7.04. The van der Waals surface area contributed by atoms with E-state index in [0.717, 1.165) is 35.9 Å². The number of benzene rings is 1.